The van der Waals surface area contributed by atoms with E-state index in [1.165, 1.54) is 0 Å². The molecular weight excluding hydrogens is 180 g/mol. The summed E-state index contributed by atoms with van der Waals surface area (Å²) in [6.07, 6.45) is 0.526. The Hall–Kier alpha value is -1.72. The zero-order chi connectivity index (χ0) is 10.9. The Morgan fingerprint density at radius 3 is 2.08 bits per heavy atom. The molecule has 0 unspecified atom stereocenters. The Morgan fingerprint density at radius 1 is 1.46 bits per heavy atom. The summed E-state index contributed by atoms with van der Waals surface area (Å²) in [5.41, 5.74) is 5.00. The molecule has 0 aromatic rings. The van der Waals surface area contributed by atoms with Crippen molar-refractivity contribution >= 4 is 18.0 Å². The second-order valence-electron chi connectivity index (χ2n) is 1.98. The molecule has 0 bridgehead atoms. The maximum Gasteiger partial charge on any atom is 0.320 e. The fourth-order valence-electron chi connectivity index (χ4n) is 0.402. The van der Waals surface area contributed by atoms with Crippen molar-refractivity contribution in [3.05, 3.63) is 0 Å². The highest BCUT2D eigenvalue weighted by molar-refractivity contribution is 5.74. The summed E-state index contributed by atoms with van der Waals surface area (Å²) < 4.78 is 0. The van der Waals surface area contributed by atoms with E-state index >= 15 is 0 Å². The van der Waals surface area contributed by atoms with Crippen LogP contribution in [-0.2, 0) is 14.4 Å². The minimum Gasteiger partial charge on any atom is -0.481 e. The fourth-order valence-corrected chi connectivity index (χ4v) is 0.402. The number of hydrogen-bond acceptors (Lipinski definition) is 5. The fraction of sp³-hybridized carbons (Fsp3) is 0.500. The summed E-state index contributed by atoms with van der Waals surface area (Å²) in [7, 11) is 0. The van der Waals surface area contributed by atoms with Gasteiger partial charge in [-0.05, 0) is 6.42 Å². The highest BCUT2D eigenvalue weighted by Crippen LogP contribution is 1.93. The topological polar surface area (TPSA) is 142 Å². The molecule has 0 aromatic carbocycles. The average Bonchev–Trinajstić information content (AvgIpc) is 2.01. The van der Waals surface area contributed by atoms with E-state index in [1.54, 1.807) is 0 Å². The van der Waals surface area contributed by atoms with Crippen molar-refractivity contribution in [1.82, 2.24) is 0 Å². The highest BCUT2D eigenvalue weighted by atomic mass is 16.4. The van der Waals surface area contributed by atoms with E-state index in [9.17, 15) is 9.59 Å². The molecule has 7 heteroatoms. The SMILES string of the molecule is N=C=O.N[C@@H](CCC(=O)O)C(=O)O. The molecular formula is C6H10N2O5. The van der Waals surface area contributed by atoms with Crippen LogP contribution in [0, 0.1) is 5.41 Å². The number of carboxylic acids is 2. The molecule has 74 valence electrons. The Kier molecular flexibility index (Phi) is 8.92. The Morgan fingerprint density at radius 2 is 1.85 bits per heavy atom. The smallest absolute Gasteiger partial charge is 0.320 e. The number of carbonyl (C=O) groups is 2. The first-order valence-corrected chi connectivity index (χ1v) is 3.19. The summed E-state index contributed by atoms with van der Waals surface area (Å²) in [5, 5.41) is 21.7. The Labute approximate surface area is 73.7 Å². The number of carboxylic acid groups (broad SMARTS) is 2. The molecule has 0 aliphatic carbocycles. The van der Waals surface area contributed by atoms with Gasteiger partial charge in [0.1, 0.15) is 6.04 Å². The first kappa shape index (κ1) is 13.8. The lowest BCUT2D eigenvalue weighted by molar-refractivity contribution is -0.139. The van der Waals surface area contributed by atoms with Crippen LogP contribution in [0.5, 0.6) is 0 Å². The van der Waals surface area contributed by atoms with Gasteiger partial charge in [0.25, 0.3) is 0 Å². The minimum absolute atomic E-state index is 0.0231. The second-order valence-corrected chi connectivity index (χ2v) is 1.98. The van der Waals surface area contributed by atoms with Gasteiger partial charge in [0.15, 0.2) is 0 Å². The third kappa shape index (κ3) is 13.3. The maximum atomic E-state index is 9.99. The van der Waals surface area contributed by atoms with Crippen molar-refractivity contribution in [3.8, 4) is 0 Å². The van der Waals surface area contributed by atoms with E-state index < -0.39 is 18.0 Å². The van der Waals surface area contributed by atoms with E-state index in [2.05, 4.69) is 0 Å². The summed E-state index contributed by atoms with van der Waals surface area (Å²) in [4.78, 5) is 28.2. The lowest BCUT2D eigenvalue weighted by Gasteiger charge is -2.01. The molecule has 13 heavy (non-hydrogen) atoms. The van der Waals surface area contributed by atoms with Crippen LogP contribution in [0.2, 0.25) is 0 Å². The second kappa shape index (κ2) is 8.38. The van der Waals surface area contributed by atoms with Gasteiger partial charge in [-0.25, -0.2) is 10.2 Å². The average molecular weight is 190 g/mol. The van der Waals surface area contributed by atoms with Crippen LogP contribution in [-0.4, -0.2) is 34.3 Å². The van der Waals surface area contributed by atoms with Gasteiger partial charge >= 0.3 is 11.9 Å². The van der Waals surface area contributed by atoms with Crippen molar-refractivity contribution in [3.63, 3.8) is 0 Å². The molecule has 0 aliphatic heterocycles. The van der Waals surface area contributed by atoms with Crippen molar-refractivity contribution in [2.45, 2.75) is 18.9 Å². The van der Waals surface area contributed by atoms with Gasteiger partial charge in [-0.15, -0.1) is 0 Å². The molecule has 1 atom stereocenters. The molecule has 5 N–H and O–H groups in total. The first-order chi connectivity index (χ1) is 5.95. The number of nitrogens with one attached hydrogen (secondary N) is 1. The van der Waals surface area contributed by atoms with Crippen LogP contribution in [0.15, 0.2) is 0 Å². The lowest BCUT2D eigenvalue weighted by Crippen LogP contribution is -2.30. The number of hydrogen-bond donors (Lipinski definition) is 4. The molecule has 0 radical (unpaired) electrons. The van der Waals surface area contributed by atoms with Crippen molar-refractivity contribution in [2.24, 2.45) is 5.73 Å². The maximum absolute atomic E-state index is 9.99. The van der Waals surface area contributed by atoms with Crippen LogP contribution < -0.4 is 5.73 Å². The third-order valence-electron chi connectivity index (χ3n) is 0.986. The largest absolute Gasteiger partial charge is 0.481 e. The van der Waals surface area contributed by atoms with Crippen molar-refractivity contribution < 1.29 is 24.6 Å². The molecule has 0 amide bonds. The van der Waals surface area contributed by atoms with Gasteiger partial charge in [0.05, 0.1) is 0 Å². The van der Waals surface area contributed by atoms with Gasteiger partial charge < -0.3 is 15.9 Å². The van der Waals surface area contributed by atoms with Crippen LogP contribution in [0.25, 0.3) is 0 Å². The van der Waals surface area contributed by atoms with Crippen LogP contribution in [0.4, 0.5) is 0 Å². The van der Waals surface area contributed by atoms with E-state index in [4.69, 9.17) is 26.2 Å². The summed E-state index contributed by atoms with van der Waals surface area (Å²) in [6.45, 7) is 0. The zero-order valence-corrected chi connectivity index (χ0v) is 6.69. The third-order valence-corrected chi connectivity index (χ3v) is 0.986. The van der Waals surface area contributed by atoms with Gasteiger partial charge in [0, 0.05) is 6.42 Å². The van der Waals surface area contributed by atoms with Gasteiger partial charge in [-0.1, -0.05) is 0 Å². The Balaban J connectivity index is 0. The number of aliphatic carboxylic acids is 2. The molecule has 0 fully saturated rings. The van der Waals surface area contributed by atoms with Crippen LogP contribution >= 0.6 is 0 Å². The molecule has 0 saturated heterocycles. The van der Waals surface area contributed by atoms with Gasteiger partial charge in [-0.3, -0.25) is 9.59 Å². The Bertz CT molecular complexity index is 209. The normalized spacial score (nSPS) is 10.2. The lowest BCUT2D eigenvalue weighted by atomic mass is 10.2. The first-order valence-electron chi connectivity index (χ1n) is 3.19. The molecule has 7 nitrogen and oxygen atoms in total. The van der Waals surface area contributed by atoms with E-state index in [-0.39, 0.29) is 12.8 Å². The van der Waals surface area contributed by atoms with Crippen LogP contribution in [0.3, 0.4) is 0 Å². The monoisotopic (exact) mass is 190 g/mol. The number of rotatable bonds is 4. The van der Waals surface area contributed by atoms with Crippen molar-refractivity contribution in [2.75, 3.05) is 0 Å². The molecule has 0 aliphatic rings. The predicted octanol–water partition coefficient (Wildman–Crippen LogP) is -0.836. The molecule has 0 rings (SSSR count). The van der Waals surface area contributed by atoms with Gasteiger partial charge in [0.2, 0.25) is 6.08 Å². The van der Waals surface area contributed by atoms with Crippen LogP contribution in [0.1, 0.15) is 12.8 Å². The highest BCUT2D eigenvalue weighted by Gasteiger charge is 2.12. The van der Waals surface area contributed by atoms with Gasteiger partial charge in [-0.2, -0.15) is 0 Å². The van der Waals surface area contributed by atoms with Crippen molar-refractivity contribution in [1.29, 1.82) is 5.41 Å². The molecule has 0 aromatic heterocycles. The quantitative estimate of drug-likeness (QED) is 0.336. The summed E-state index contributed by atoms with van der Waals surface area (Å²) in [5.74, 6) is -2.20. The number of carbonyl (C=O) groups excluding carboxylic acids is 1. The van der Waals surface area contributed by atoms with E-state index in [0.717, 1.165) is 6.08 Å². The standard InChI is InChI=1S/C5H9NO4.CHNO/c6-3(5(9)10)1-2-4(7)8;2-1-3/h3H,1-2,6H2,(H,7,8)(H,9,10);2H/t3-;/m0./s1. The summed E-state index contributed by atoms with van der Waals surface area (Å²) in [6, 6.07) is -1.06. The molecule has 0 saturated carbocycles. The summed E-state index contributed by atoms with van der Waals surface area (Å²) >= 11 is 0. The van der Waals surface area contributed by atoms with E-state index in [1.807, 2.05) is 0 Å². The molecule has 0 heterocycles. The number of isocyanates is 1. The minimum atomic E-state index is -1.17. The van der Waals surface area contributed by atoms with E-state index in [0.29, 0.717) is 0 Å². The zero-order valence-electron chi connectivity index (χ0n) is 6.69. The molecule has 0 spiro atoms. The number of nitrogens with two attached hydrogens (primary N) is 1. The predicted molar refractivity (Wildman–Crippen MR) is 40.9 cm³/mol.